The number of anilines is 2. The Balaban J connectivity index is 1.29. The van der Waals surface area contributed by atoms with Crippen LogP contribution in [-0.2, 0) is 12.8 Å². The summed E-state index contributed by atoms with van der Waals surface area (Å²) in [6.07, 6.45) is 7.13. The minimum Gasteiger partial charge on any atom is -0.379 e. The van der Waals surface area contributed by atoms with Gasteiger partial charge in [0.05, 0.1) is 27.6 Å². The van der Waals surface area contributed by atoms with Crippen molar-refractivity contribution in [3.05, 3.63) is 107 Å². The quantitative estimate of drug-likeness (QED) is 0.180. The van der Waals surface area contributed by atoms with E-state index in [4.69, 9.17) is 4.98 Å². The summed E-state index contributed by atoms with van der Waals surface area (Å²) in [5.41, 5.74) is 7.09. The molecule has 5 rings (SSSR count). The number of benzene rings is 2. The van der Waals surface area contributed by atoms with Crippen molar-refractivity contribution in [2.45, 2.75) is 58.9 Å². The van der Waals surface area contributed by atoms with Gasteiger partial charge in [-0.3, -0.25) is 0 Å². The lowest BCUT2D eigenvalue weighted by molar-refractivity contribution is 0.232. The van der Waals surface area contributed by atoms with Crippen LogP contribution >= 0.6 is 11.3 Å². The van der Waals surface area contributed by atoms with Gasteiger partial charge in [-0.15, -0.1) is 11.3 Å². The molecule has 1 fully saturated rings. The molecule has 0 bridgehead atoms. The summed E-state index contributed by atoms with van der Waals surface area (Å²) >= 11 is 1.55. The third kappa shape index (κ3) is 7.49. The van der Waals surface area contributed by atoms with Crippen molar-refractivity contribution >= 4 is 39.4 Å². The van der Waals surface area contributed by atoms with Crippen LogP contribution in [0.15, 0.2) is 73.5 Å². The predicted octanol–water partition coefficient (Wildman–Crippen LogP) is 8.18. The molecule has 0 amide bonds. The molecule has 6 nitrogen and oxygen atoms in total. The van der Waals surface area contributed by atoms with Crippen molar-refractivity contribution in [2.24, 2.45) is 5.92 Å². The van der Waals surface area contributed by atoms with Gasteiger partial charge in [0.1, 0.15) is 18.0 Å². The van der Waals surface area contributed by atoms with Crippen LogP contribution in [0.4, 0.5) is 15.9 Å². The first-order valence-corrected chi connectivity index (χ1v) is 15.6. The maximum absolute atomic E-state index is 15.4. The van der Waals surface area contributed by atoms with E-state index in [1.54, 1.807) is 23.5 Å². The van der Waals surface area contributed by atoms with E-state index in [1.807, 2.05) is 17.5 Å². The van der Waals surface area contributed by atoms with E-state index in [-0.39, 0.29) is 11.4 Å². The normalized spacial score (nSPS) is 14.1. The molecule has 1 aliphatic heterocycles. The first kappa shape index (κ1) is 30.4. The number of piperidine rings is 1. The molecule has 0 saturated carbocycles. The molecule has 0 aliphatic carbocycles. The van der Waals surface area contributed by atoms with Crippen LogP contribution in [0, 0.1) is 18.7 Å². The number of halogens is 1. The number of nitrogens with zero attached hydrogens (tertiary/aromatic N) is 4. The Kier molecular flexibility index (Phi) is 8.97. The minimum atomic E-state index is -0.333. The number of aryl methyl sites for hydroxylation is 1. The topological polar surface area (TPSA) is 66.0 Å². The molecule has 2 N–H and O–H groups in total. The zero-order chi connectivity index (χ0) is 30.7. The Morgan fingerprint density at radius 1 is 1.14 bits per heavy atom. The number of rotatable bonds is 10. The molecule has 1 aliphatic rings. The Hall–Kier alpha value is -4.04. The summed E-state index contributed by atoms with van der Waals surface area (Å²) in [4.78, 5) is 16.0. The van der Waals surface area contributed by atoms with Crippen molar-refractivity contribution in [1.29, 1.82) is 0 Å². The fraction of sp³-hybridized carbons (Fsp3) is 0.343. The van der Waals surface area contributed by atoms with Crippen LogP contribution in [0.5, 0.6) is 0 Å². The van der Waals surface area contributed by atoms with Crippen LogP contribution in [0.3, 0.4) is 0 Å². The highest BCUT2D eigenvalue weighted by atomic mass is 32.1. The second-order valence-electron chi connectivity index (χ2n) is 12.4. The van der Waals surface area contributed by atoms with Gasteiger partial charge in [-0.2, -0.15) is 0 Å². The van der Waals surface area contributed by atoms with E-state index in [1.165, 1.54) is 17.5 Å². The van der Waals surface area contributed by atoms with Gasteiger partial charge in [0, 0.05) is 41.5 Å². The number of fused-ring (bicyclic) bond motifs is 1. The fourth-order valence-corrected chi connectivity index (χ4v) is 6.40. The molecular formula is C35H41FN6S. The first-order chi connectivity index (χ1) is 20.5. The lowest BCUT2D eigenvalue weighted by atomic mass is 9.88. The van der Waals surface area contributed by atoms with E-state index < -0.39 is 0 Å². The predicted molar refractivity (Wildman–Crippen MR) is 178 cm³/mol. The van der Waals surface area contributed by atoms with E-state index >= 15 is 4.39 Å². The summed E-state index contributed by atoms with van der Waals surface area (Å²) in [6.45, 7) is 22.5. The fourth-order valence-electron chi connectivity index (χ4n) is 5.56. The maximum atomic E-state index is 15.4. The van der Waals surface area contributed by atoms with Gasteiger partial charge in [0.2, 0.25) is 0 Å². The number of nitrogens with one attached hydrogen (secondary N) is 2. The molecule has 0 spiro atoms. The van der Waals surface area contributed by atoms with Crippen molar-refractivity contribution in [1.82, 2.24) is 25.2 Å². The Labute approximate surface area is 258 Å². The molecule has 224 valence electrons. The molecule has 0 radical (unpaired) electrons. The summed E-state index contributed by atoms with van der Waals surface area (Å²) in [7, 11) is 0. The molecule has 4 aromatic rings. The van der Waals surface area contributed by atoms with Crippen LogP contribution in [-0.4, -0.2) is 38.5 Å². The van der Waals surface area contributed by atoms with E-state index in [0.717, 1.165) is 70.9 Å². The molecule has 43 heavy (non-hydrogen) atoms. The van der Waals surface area contributed by atoms with Crippen LogP contribution in [0.1, 0.15) is 61.0 Å². The Morgan fingerprint density at radius 2 is 1.91 bits per heavy atom. The van der Waals surface area contributed by atoms with Gasteiger partial charge in [0.15, 0.2) is 0 Å². The van der Waals surface area contributed by atoms with Crippen molar-refractivity contribution < 1.29 is 4.39 Å². The second kappa shape index (κ2) is 12.7. The third-order valence-corrected chi connectivity index (χ3v) is 8.74. The zero-order valence-electron chi connectivity index (χ0n) is 25.6. The van der Waals surface area contributed by atoms with Crippen molar-refractivity contribution in [3.63, 3.8) is 0 Å². The van der Waals surface area contributed by atoms with Gasteiger partial charge < -0.3 is 15.5 Å². The van der Waals surface area contributed by atoms with Gasteiger partial charge in [-0.1, -0.05) is 25.8 Å². The molecule has 2 aromatic heterocycles. The van der Waals surface area contributed by atoms with Gasteiger partial charge in [-0.05, 0) is 99.9 Å². The SMILES string of the molecule is C=CC(=C)N1CCC(Cc2cc3c(Nc4ccc(Cc5nc(C(=C)NC(C)(C)C)cs5)cc4F)ncnc3cc2C)CC1. The highest BCUT2D eigenvalue weighted by molar-refractivity contribution is 7.09. The van der Waals surface area contributed by atoms with E-state index in [0.29, 0.717) is 23.8 Å². The van der Waals surface area contributed by atoms with Crippen LogP contribution < -0.4 is 10.6 Å². The number of hydrogen-bond acceptors (Lipinski definition) is 7. The van der Waals surface area contributed by atoms with Gasteiger partial charge >= 0.3 is 0 Å². The first-order valence-electron chi connectivity index (χ1n) is 14.8. The third-order valence-electron chi connectivity index (χ3n) is 7.89. The number of aromatic nitrogens is 3. The van der Waals surface area contributed by atoms with Crippen LogP contribution in [0.2, 0.25) is 0 Å². The van der Waals surface area contributed by atoms with Crippen molar-refractivity contribution in [2.75, 3.05) is 18.4 Å². The minimum absolute atomic E-state index is 0.0955. The van der Waals surface area contributed by atoms with Gasteiger partial charge in [-0.25, -0.2) is 19.3 Å². The summed E-state index contributed by atoms with van der Waals surface area (Å²) < 4.78 is 15.4. The Morgan fingerprint density at radius 3 is 2.60 bits per heavy atom. The highest BCUT2D eigenvalue weighted by Crippen LogP contribution is 2.31. The molecule has 2 aromatic carbocycles. The maximum Gasteiger partial charge on any atom is 0.146 e. The molecule has 8 heteroatoms. The van der Waals surface area contributed by atoms with Crippen molar-refractivity contribution in [3.8, 4) is 0 Å². The summed E-state index contributed by atoms with van der Waals surface area (Å²) in [5, 5.41) is 10.4. The molecular weight excluding hydrogens is 555 g/mol. The highest BCUT2D eigenvalue weighted by Gasteiger charge is 2.21. The lowest BCUT2D eigenvalue weighted by Crippen LogP contribution is -2.34. The standard InChI is InChI=1S/C35H41FN6S/c1-8-23(3)42-13-11-25(12-14-42)16-27-19-28-31(15-22(27)2)37-21-38-34(28)40-30-10-9-26(17-29(30)36)18-33-39-32(20-43-33)24(4)41-35(5,6)7/h8-10,15,17,19-21,25,41H,1,3-4,11-14,16,18H2,2,5-7H3,(H,37,38,40). The average molecular weight is 597 g/mol. The van der Waals surface area contributed by atoms with Gasteiger partial charge in [0.25, 0.3) is 0 Å². The van der Waals surface area contributed by atoms with E-state index in [2.05, 4.69) is 85.1 Å². The zero-order valence-corrected chi connectivity index (χ0v) is 26.5. The average Bonchev–Trinajstić information content (AvgIpc) is 3.43. The van der Waals surface area contributed by atoms with Crippen LogP contribution in [0.25, 0.3) is 16.6 Å². The molecule has 3 heterocycles. The molecule has 0 atom stereocenters. The largest absolute Gasteiger partial charge is 0.379 e. The number of allylic oxidation sites excluding steroid dienone is 1. The molecule has 0 unspecified atom stereocenters. The molecule has 1 saturated heterocycles. The number of hydrogen-bond donors (Lipinski definition) is 2. The smallest absolute Gasteiger partial charge is 0.146 e. The summed E-state index contributed by atoms with van der Waals surface area (Å²) in [6, 6.07) is 9.56. The Bertz CT molecular complexity index is 1660. The second-order valence-corrected chi connectivity index (χ2v) is 13.4. The van der Waals surface area contributed by atoms with E-state index in [9.17, 15) is 0 Å². The monoisotopic (exact) mass is 596 g/mol. The number of thiazole rings is 1. The number of likely N-dealkylation sites (tertiary alicyclic amines) is 1. The summed E-state index contributed by atoms with van der Waals surface area (Å²) in [5.74, 6) is 0.863. The lowest BCUT2D eigenvalue weighted by Gasteiger charge is -2.34.